The third-order valence-corrected chi connectivity index (χ3v) is 4.90. The Kier molecular flexibility index (Phi) is 4.58. The highest BCUT2D eigenvalue weighted by Gasteiger charge is 2.20. The minimum atomic E-state index is -0.347. The van der Waals surface area contributed by atoms with Gasteiger partial charge >= 0.3 is 0 Å². The predicted octanol–water partition coefficient (Wildman–Crippen LogP) is 3.95. The van der Waals surface area contributed by atoms with Crippen LogP contribution in [0.5, 0.6) is 5.88 Å². The fourth-order valence-electron chi connectivity index (χ4n) is 3.73. The summed E-state index contributed by atoms with van der Waals surface area (Å²) in [6, 6.07) is 13.3. The van der Waals surface area contributed by atoms with E-state index in [4.69, 9.17) is 0 Å². The van der Waals surface area contributed by atoms with Crippen LogP contribution in [0.15, 0.2) is 47.5 Å². The zero-order valence-electron chi connectivity index (χ0n) is 15.4. The van der Waals surface area contributed by atoms with Gasteiger partial charge in [0.1, 0.15) is 5.82 Å². The zero-order valence-corrected chi connectivity index (χ0v) is 15.4. The fourth-order valence-corrected chi connectivity index (χ4v) is 3.73. The van der Waals surface area contributed by atoms with Crippen molar-refractivity contribution in [1.29, 1.82) is 0 Å². The number of hydrogen-bond acceptors (Lipinski definition) is 4. The van der Waals surface area contributed by atoms with Gasteiger partial charge in [0.15, 0.2) is 5.88 Å². The zero-order chi connectivity index (χ0) is 19.0. The summed E-state index contributed by atoms with van der Waals surface area (Å²) in [4.78, 5) is 9.65. The summed E-state index contributed by atoms with van der Waals surface area (Å²) in [6.45, 7) is 6.33. The predicted molar refractivity (Wildman–Crippen MR) is 108 cm³/mol. The largest absolute Gasteiger partial charge is 0.494 e. The molecule has 2 aromatic carbocycles. The summed E-state index contributed by atoms with van der Waals surface area (Å²) >= 11 is 0. The van der Waals surface area contributed by atoms with Crippen molar-refractivity contribution in [2.45, 2.75) is 25.9 Å². The summed E-state index contributed by atoms with van der Waals surface area (Å²) in [5, 5.41) is 14.2. The van der Waals surface area contributed by atoms with Gasteiger partial charge in [-0.25, -0.2) is 4.39 Å². The summed E-state index contributed by atoms with van der Waals surface area (Å²) in [5.41, 5.74) is 3.11. The van der Waals surface area contributed by atoms with Gasteiger partial charge in [-0.15, -0.1) is 0 Å². The van der Waals surface area contributed by atoms with E-state index in [2.05, 4.69) is 46.2 Å². The molecule has 3 N–H and O–H groups in total. The van der Waals surface area contributed by atoms with E-state index in [1.54, 1.807) is 12.3 Å². The molecule has 6 heteroatoms. The normalized spacial score (nSPS) is 20.6. The number of aliphatic imine (C=N–C) groups is 1. The van der Waals surface area contributed by atoms with Gasteiger partial charge in [0, 0.05) is 48.0 Å². The molecule has 0 spiro atoms. The molecule has 1 saturated heterocycles. The van der Waals surface area contributed by atoms with Gasteiger partial charge < -0.3 is 20.3 Å². The molecule has 2 heterocycles. The van der Waals surface area contributed by atoms with Crippen LogP contribution >= 0.6 is 0 Å². The molecule has 2 atom stereocenters. The highest BCUT2D eigenvalue weighted by atomic mass is 19.1. The van der Waals surface area contributed by atoms with Crippen LogP contribution in [0.3, 0.4) is 0 Å². The highest BCUT2D eigenvalue weighted by molar-refractivity contribution is 6.02. The summed E-state index contributed by atoms with van der Waals surface area (Å²) in [6.07, 6.45) is 1.57. The quantitative estimate of drug-likeness (QED) is 0.615. The molecular weight excluding hydrogens is 343 g/mol. The van der Waals surface area contributed by atoms with Crippen molar-refractivity contribution in [2.24, 2.45) is 4.99 Å². The molecule has 4 rings (SSSR count). The van der Waals surface area contributed by atoms with Crippen LogP contribution in [0.2, 0.25) is 0 Å². The fraction of sp³-hybridized carbons (Fsp3) is 0.286. The molecule has 0 saturated carbocycles. The summed E-state index contributed by atoms with van der Waals surface area (Å²) in [7, 11) is 0. The Morgan fingerprint density at radius 2 is 1.81 bits per heavy atom. The molecule has 27 heavy (non-hydrogen) atoms. The lowest BCUT2D eigenvalue weighted by Crippen LogP contribution is -2.54. The van der Waals surface area contributed by atoms with E-state index in [1.165, 1.54) is 17.8 Å². The number of rotatable bonds is 3. The van der Waals surface area contributed by atoms with Crippen LogP contribution in [0, 0.1) is 5.82 Å². The number of H-pyrrole nitrogens is 1. The van der Waals surface area contributed by atoms with Gasteiger partial charge in [0.25, 0.3) is 0 Å². The van der Waals surface area contributed by atoms with Crippen molar-refractivity contribution in [1.82, 2.24) is 10.3 Å². The van der Waals surface area contributed by atoms with E-state index in [9.17, 15) is 9.50 Å². The van der Waals surface area contributed by atoms with Gasteiger partial charge in [-0.05, 0) is 56.3 Å². The molecule has 1 fully saturated rings. The molecule has 3 aromatic rings. The van der Waals surface area contributed by atoms with Crippen LogP contribution < -0.4 is 10.2 Å². The molecule has 0 bridgehead atoms. The highest BCUT2D eigenvalue weighted by Crippen LogP contribution is 2.27. The first-order chi connectivity index (χ1) is 13.0. The maximum absolute atomic E-state index is 13.5. The van der Waals surface area contributed by atoms with Gasteiger partial charge in [-0.3, -0.25) is 4.99 Å². The number of nitrogens with one attached hydrogen (secondary N) is 2. The van der Waals surface area contributed by atoms with E-state index < -0.39 is 0 Å². The number of benzene rings is 2. The Hall–Kier alpha value is -2.86. The first-order valence-electron chi connectivity index (χ1n) is 9.15. The molecule has 2 unspecified atom stereocenters. The molecule has 1 aliphatic heterocycles. The summed E-state index contributed by atoms with van der Waals surface area (Å²) < 4.78 is 13.5. The van der Waals surface area contributed by atoms with E-state index in [0.717, 1.165) is 18.8 Å². The Bertz CT molecular complexity index is 970. The number of fused-ring (bicyclic) bond motifs is 1. The molecule has 0 radical (unpaired) electrons. The van der Waals surface area contributed by atoms with Crippen LogP contribution in [0.25, 0.3) is 10.9 Å². The van der Waals surface area contributed by atoms with Gasteiger partial charge in [-0.1, -0.05) is 0 Å². The lowest BCUT2D eigenvalue weighted by Gasteiger charge is -2.37. The van der Waals surface area contributed by atoms with E-state index in [0.29, 0.717) is 28.6 Å². The van der Waals surface area contributed by atoms with E-state index in [1.807, 2.05) is 12.1 Å². The molecule has 1 aromatic heterocycles. The average Bonchev–Trinajstić information content (AvgIpc) is 2.94. The number of anilines is 1. The van der Waals surface area contributed by atoms with Crippen molar-refractivity contribution >= 4 is 28.5 Å². The number of aromatic nitrogens is 1. The first-order valence-corrected chi connectivity index (χ1v) is 9.15. The van der Waals surface area contributed by atoms with Crippen molar-refractivity contribution in [2.75, 3.05) is 18.0 Å². The Morgan fingerprint density at radius 3 is 2.52 bits per heavy atom. The Labute approximate surface area is 157 Å². The maximum Gasteiger partial charge on any atom is 0.198 e. The second kappa shape index (κ2) is 7.04. The minimum Gasteiger partial charge on any atom is -0.494 e. The van der Waals surface area contributed by atoms with Crippen molar-refractivity contribution in [3.63, 3.8) is 0 Å². The topological polar surface area (TPSA) is 63.6 Å². The molecule has 5 nitrogen and oxygen atoms in total. The maximum atomic E-state index is 13.5. The lowest BCUT2D eigenvalue weighted by molar-refractivity contribution is 0.407. The number of nitrogens with zero attached hydrogens (tertiary/aromatic N) is 2. The second-order valence-corrected chi connectivity index (χ2v) is 7.23. The number of piperazine rings is 1. The van der Waals surface area contributed by atoms with E-state index >= 15 is 0 Å². The SMILES string of the molecule is CC1CN(c2ccc(N=Cc3c(O)[nH]c4ccc(F)cc34)cc2)CC(C)N1. The van der Waals surface area contributed by atoms with Crippen molar-refractivity contribution < 1.29 is 9.50 Å². The number of aromatic amines is 1. The number of halogens is 1. The average molecular weight is 366 g/mol. The van der Waals surface area contributed by atoms with Crippen LogP contribution in [0.1, 0.15) is 19.4 Å². The molecule has 0 amide bonds. The lowest BCUT2D eigenvalue weighted by atomic mass is 10.1. The first kappa shape index (κ1) is 17.5. The van der Waals surface area contributed by atoms with Crippen LogP contribution in [-0.2, 0) is 0 Å². The van der Waals surface area contributed by atoms with Crippen LogP contribution in [-0.4, -0.2) is 41.5 Å². The smallest absolute Gasteiger partial charge is 0.198 e. The van der Waals surface area contributed by atoms with Gasteiger partial charge in [0.05, 0.1) is 11.3 Å². The van der Waals surface area contributed by atoms with Gasteiger partial charge in [0.2, 0.25) is 0 Å². The Balaban J connectivity index is 1.55. The monoisotopic (exact) mass is 366 g/mol. The number of hydrogen-bond donors (Lipinski definition) is 3. The summed E-state index contributed by atoms with van der Waals surface area (Å²) in [5.74, 6) is -0.361. The molecular formula is C21H23FN4O. The van der Waals surface area contributed by atoms with Gasteiger partial charge in [-0.2, -0.15) is 0 Å². The van der Waals surface area contributed by atoms with Crippen molar-refractivity contribution in [3.05, 3.63) is 53.8 Å². The molecule has 140 valence electrons. The van der Waals surface area contributed by atoms with Crippen LogP contribution in [0.4, 0.5) is 15.8 Å². The standard InChI is InChI=1S/C21H23FN4O/c1-13-11-26(12-14(2)24-13)17-6-4-16(5-7-17)23-10-19-18-9-15(22)3-8-20(18)25-21(19)27/h3-10,13-14,24-25,27H,11-12H2,1-2H3. The third-order valence-electron chi connectivity index (χ3n) is 4.90. The second-order valence-electron chi connectivity index (χ2n) is 7.23. The van der Waals surface area contributed by atoms with E-state index in [-0.39, 0.29) is 11.7 Å². The van der Waals surface area contributed by atoms with Crippen molar-refractivity contribution in [3.8, 4) is 5.88 Å². The Morgan fingerprint density at radius 1 is 1.11 bits per heavy atom. The third kappa shape index (κ3) is 3.66. The molecule has 1 aliphatic rings. The number of aromatic hydroxyl groups is 1. The minimum absolute atomic E-state index is 0.0141. The molecule has 0 aliphatic carbocycles.